The lowest BCUT2D eigenvalue weighted by atomic mass is 10.4. The average Bonchev–Trinajstić information content (AvgIpc) is 2.03. The third-order valence-corrected chi connectivity index (χ3v) is 1.59. The quantitative estimate of drug-likeness (QED) is 0.666. The van der Waals surface area contributed by atoms with Crippen LogP contribution in [-0.2, 0) is 6.54 Å². The highest BCUT2D eigenvalue weighted by molar-refractivity contribution is 7.80. The molecule has 4 nitrogen and oxygen atoms in total. The summed E-state index contributed by atoms with van der Waals surface area (Å²) in [5.41, 5.74) is 5.02. The van der Waals surface area contributed by atoms with E-state index < -0.39 is 0 Å². The van der Waals surface area contributed by atoms with Gasteiger partial charge in [-0.15, -0.1) is 0 Å². The summed E-state index contributed by atoms with van der Waals surface area (Å²) in [4.78, 5) is 15.0. The summed E-state index contributed by atoms with van der Waals surface area (Å²) >= 11 is 4.68. The number of aryl methyl sites for hydroxylation is 1. The second-order valence-electron chi connectivity index (χ2n) is 2.31. The molecular weight excluding hydrogens is 174 g/mol. The Morgan fingerprint density at radius 3 is 3.08 bits per heavy atom. The first-order chi connectivity index (χ1) is 5.70. The molecule has 0 aliphatic rings. The van der Waals surface area contributed by atoms with Crippen molar-refractivity contribution in [2.45, 2.75) is 13.0 Å². The van der Waals surface area contributed by atoms with Gasteiger partial charge >= 0.3 is 5.69 Å². The number of aromatic nitrogens is 2. The average molecular weight is 183 g/mol. The van der Waals surface area contributed by atoms with E-state index in [4.69, 9.17) is 5.73 Å². The van der Waals surface area contributed by atoms with E-state index in [9.17, 15) is 4.79 Å². The maximum atomic E-state index is 11.0. The lowest BCUT2D eigenvalue weighted by Gasteiger charge is -2.01. The fourth-order valence-electron chi connectivity index (χ4n) is 0.788. The lowest BCUT2D eigenvalue weighted by molar-refractivity contribution is 0.672. The number of hydrogen-bond acceptors (Lipinski definition) is 3. The summed E-state index contributed by atoms with van der Waals surface area (Å²) in [6, 6.07) is 1.70. The van der Waals surface area contributed by atoms with Crippen LogP contribution in [0.5, 0.6) is 0 Å². The van der Waals surface area contributed by atoms with Crippen LogP contribution < -0.4 is 11.4 Å². The van der Waals surface area contributed by atoms with E-state index in [0.29, 0.717) is 18.0 Å². The van der Waals surface area contributed by atoms with Gasteiger partial charge in [0.15, 0.2) is 0 Å². The summed E-state index contributed by atoms with van der Waals surface area (Å²) < 4.78 is 1.47. The second-order valence-corrected chi connectivity index (χ2v) is 2.84. The van der Waals surface area contributed by atoms with Crippen molar-refractivity contribution >= 4 is 17.2 Å². The minimum Gasteiger partial charge on any atom is -0.393 e. The Morgan fingerprint density at radius 1 is 1.75 bits per heavy atom. The van der Waals surface area contributed by atoms with E-state index >= 15 is 0 Å². The predicted molar refractivity (Wildman–Crippen MR) is 49.9 cm³/mol. The van der Waals surface area contributed by atoms with Crippen LogP contribution >= 0.6 is 12.2 Å². The van der Waals surface area contributed by atoms with Crippen molar-refractivity contribution < 1.29 is 0 Å². The first-order valence-corrected chi connectivity index (χ1v) is 3.91. The number of hydrogen-bond donors (Lipinski definition) is 1. The van der Waals surface area contributed by atoms with Crippen LogP contribution in [0.3, 0.4) is 0 Å². The minimum atomic E-state index is -0.270. The maximum Gasteiger partial charge on any atom is 0.347 e. The molecule has 2 N–H and O–H groups in total. The van der Waals surface area contributed by atoms with Crippen LogP contribution in [0.15, 0.2) is 23.3 Å². The molecule has 0 fully saturated rings. The van der Waals surface area contributed by atoms with E-state index in [1.54, 1.807) is 12.3 Å². The molecule has 0 bridgehead atoms. The fourth-order valence-corrected chi connectivity index (χ4v) is 0.879. The molecule has 0 spiro atoms. The van der Waals surface area contributed by atoms with Crippen LogP contribution in [0.2, 0.25) is 0 Å². The standard InChI is InChI=1S/C7H9N3OS/c8-6(12)2-5-10-4-1-3-9-7(10)11/h1,3-4H,2,5H2,(H2,8,12). The van der Waals surface area contributed by atoms with E-state index in [-0.39, 0.29) is 5.69 Å². The van der Waals surface area contributed by atoms with Gasteiger partial charge in [0, 0.05) is 25.4 Å². The molecular formula is C7H9N3OS. The molecule has 1 rings (SSSR count). The van der Waals surface area contributed by atoms with Crippen molar-refractivity contribution in [1.82, 2.24) is 9.55 Å². The first-order valence-electron chi connectivity index (χ1n) is 3.50. The number of nitrogens with zero attached hydrogens (tertiary/aromatic N) is 2. The highest BCUT2D eigenvalue weighted by Gasteiger charge is 1.94. The molecule has 0 aliphatic carbocycles. The van der Waals surface area contributed by atoms with Gasteiger partial charge in [-0.1, -0.05) is 12.2 Å². The molecule has 1 heterocycles. The zero-order valence-corrected chi connectivity index (χ0v) is 7.25. The van der Waals surface area contributed by atoms with Gasteiger partial charge in [-0.2, -0.15) is 0 Å². The van der Waals surface area contributed by atoms with Crippen molar-refractivity contribution in [3.05, 3.63) is 28.9 Å². The van der Waals surface area contributed by atoms with Crippen molar-refractivity contribution in [3.63, 3.8) is 0 Å². The maximum absolute atomic E-state index is 11.0. The minimum absolute atomic E-state index is 0.270. The van der Waals surface area contributed by atoms with Crippen molar-refractivity contribution in [1.29, 1.82) is 0 Å². The Bertz CT molecular complexity index is 333. The summed E-state index contributed by atoms with van der Waals surface area (Å²) in [5.74, 6) is 0. The highest BCUT2D eigenvalue weighted by Crippen LogP contribution is 1.85. The monoisotopic (exact) mass is 183 g/mol. The predicted octanol–water partition coefficient (Wildman–Crippen LogP) is -0.0805. The molecule has 0 atom stereocenters. The fraction of sp³-hybridized carbons (Fsp3) is 0.286. The SMILES string of the molecule is NC(=S)CCn1cccnc1=O. The molecule has 0 aromatic carbocycles. The molecule has 0 radical (unpaired) electrons. The van der Waals surface area contributed by atoms with Gasteiger partial charge in [-0.3, -0.25) is 4.57 Å². The Labute approximate surface area is 75.0 Å². The smallest absolute Gasteiger partial charge is 0.347 e. The molecule has 1 aromatic rings. The normalized spacial score (nSPS) is 9.67. The van der Waals surface area contributed by atoms with Crippen LogP contribution in [0.25, 0.3) is 0 Å². The van der Waals surface area contributed by atoms with Gasteiger partial charge in [0.1, 0.15) is 0 Å². The summed E-state index contributed by atoms with van der Waals surface area (Å²) in [6.07, 6.45) is 3.65. The molecule has 64 valence electrons. The van der Waals surface area contributed by atoms with Gasteiger partial charge < -0.3 is 5.73 Å². The summed E-state index contributed by atoms with van der Waals surface area (Å²) in [5, 5.41) is 0. The van der Waals surface area contributed by atoms with Gasteiger partial charge in [0.25, 0.3) is 0 Å². The topological polar surface area (TPSA) is 60.9 Å². The molecule has 0 saturated heterocycles. The molecule has 0 unspecified atom stereocenters. The Balaban J connectivity index is 2.70. The molecule has 5 heteroatoms. The zero-order valence-electron chi connectivity index (χ0n) is 6.43. The highest BCUT2D eigenvalue weighted by atomic mass is 32.1. The Kier molecular flexibility index (Phi) is 2.93. The van der Waals surface area contributed by atoms with E-state index in [0.717, 1.165) is 0 Å². The number of thiocarbonyl (C=S) groups is 1. The molecule has 0 amide bonds. The van der Waals surface area contributed by atoms with Crippen molar-refractivity contribution in [3.8, 4) is 0 Å². The number of nitrogens with two attached hydrogens (primary N) is 1. The van der Waals surface area contributed by atoms with Gasteiger partial charge in [-0.05, 0) is 6.07 Å². The largest absolute Gasteiger partial charge is 0.393 e. The Morgan fingerprint density at radius 2 is 2.50 bits per heavy atom. The van der Waals surface area contributed by atoms with Gasteiger partial charge in [-0.25, -0.2) is 9.78 Å². The van der Waals surface area contributed by atoms with Crippen LogP contribution in [0, 0.1) is 0 Å². The van der Waals surface area contributed by atoms with Crippen molar-refractivity contribution in [2.75, 3.05) is 0 Å². The van der Waals surface area contributed by atoms with E-state index in [2.05, 4.69) is 17.2 Å². The van der Waals surface area contributed by atoms with Gasteiger partial charge in [0.2, 0.25) is 0 Å². The lowest BCUT2D eigenvalue weighted by Crippen LogP contribution is -2.23. The third kappa shape index (κ3) is 2.43. The molecule has 12 heavy (non-hydrogen) atoms. The summed E-state index contributed by atoms with van der Waals surface area (Å²) in [6.45, 7) is 0.502. The van der Waals surface area contributed by atoms with Gasteiger partial charge in [0.05, 0.1) is 4.99 Å². The van der Waals surface area contributed by atoms with Crippen LogP contribution in [0.4, 0.5) is 0 Å². The Hall–Kier alpha value is -1.23. The van der Waals surface area contributed by atoms with Crippen LogP contribution in [-0.4, -0.2) is 14.5 Å². The summed E-state index contributed by atoms with van der Waals surface area (Å²) in [7, 11) is 0. The van der Waals surface area contributed by atoms with E-state index in [1.165, 1.54) is 10.8 Å². The second kappa shape index (κ2) is 3.96. The third-order valence-electron chi connectivity index (χ3n) is 1.38. The van der Waals surface area contributed by atoms with E-state index in [1.807, 2.05) is 0 Å². The zero-order chi connectivity index (χ0) is 8.97. The molecule has 1 aromatic heterocycles. The van der Waals surface area contributed by atoms with Crippen LogP contribution in [0.1, 0.15) is 6.42 Å². The van der Waals surface area contributed by atoms with Crippen molar-refractivity contribution in [2.24, 2.45) is 5.73 Å². The molecule has 0 aliphatic heterocycles. The number of rotatable bonds is 3. The molecule has 0 saturated carbocycles. The first kappa shape index (κ1) is 8.86.